The number of halogens is 2. The van der Waals surface area contributed by atoms with Crippen molar-refractivity contribution in [3.8, 4) is 11.1 Å². The molecule has 1 aromatic heterocycles. The molecule has 0 radical (unpaired) electrons. The number of piperidine rings is 1. The molecule has 0 aliphatic carbocycles. The van der Waals surface area contributed by atoms with Gasteiger partial charge in [0.1, 0.15) is 17.3 Å². The van der Waals surface area contributed by atoms with E-state index in [4.69, 9.17) is 0 Å². The summed E-state index contributed by atoms with van der Waals surface area (Å²) in [4.78, 5) is 37.0. The minimum atomic E-state index is -0.643. The Bertz CT molecular complexity index is 1130. The van der Waals surface area contributed by atoms with Crippen LogP contribution in [0.4, 0.5) is 19.3 Å². The van der Waals surface area contributed by atoms with Crippen LogP contribution in [0.2, 0.25) is 0 Å². The topological polar surface area (TPSA) is 78.4 Å². The number of amides is 3. The van der Waals surface area contributed by atoms with Crippen LogP contribution in [0.15, 0.2) is 61.1 Å². The number of likely N-dealkylation sites (tertiary alicyclic amines) is 1. The van der Waals surface area contributed by atoms with Gasteiger partial charge in [-0.3, -0.25) is 9.78 Å². The number of hydrogen-bond donors (Lipinski definition) is 1. The Kier molecular flexibility index (Phi) is 7.10. The minimum Gasteiger partial charge on any atom is -0.337 e. The van der Waals surface area contributed by atoms with Crippen molar-refractivity contribution in [2.24, 2.45) is 0 Å². The summed E-state index contributed by atoms with van der Waals surface area (Å²) in [5.41, 5.74) is 1.96. The highest BCUT2D eigenvalue weighted by molar-refractivity contribution is 5.92. The number of hydrogen-bond acceptors (Lipinski definition) is 4. The molecule has 0 atom stereocenters. The van der Waals surface area contributed by atoms with Crippen LogP contribution in [0.3, 0.4) is 0 Å². The summed E-state index contributed by atoms with van der Waals surface area (Å²) in [7, 11) is 0. The van der Waals surface area contributed by atoms with Gasteiger partial charge in [-0.15, -0.1) is 0 Å². The lowest BCUT2D eigenvalue weighted by molar-refractivity contribution is 0.0654. The number of nitrogens with one attached hydrogen (secondary N) is 1. The molecule has 0 spiro atoms. The second-order valence-electron chi connectivity index (χ2n) is 8.07. The number of aromatic nitrogens is 2. The Labute approximate surface area is 196 Å². The quantitative estimate of drug-likeness (QED) is 0.598. The molecule has 0 bridgehead atoms. The fourth-order valence-electron chi connectivity index (χ4n) is 4.18. The van der Waals surface area contributed by atoms with Gasteiger partial charge in [-0.25, -0.2) is 18.6 Å². The largest absolute Gasteiger partial charge is 0.337 e. The highest BCUT2D eigenvalue weighted by Gasteiger charge is 2.29. The zero-order valence-corrected chi connectivity index (χ0v) is 18.7. The van der Waals surface area contributed by atoms with E-state index in [9.17, 15) is 18.4 Å². The van der Waals surface area contributed by atoms with Gasteiger partial charge >= 0.3 is 6.03 Å². The summed E-state index contributed by atoms with van der Waals surface area (Å²) >= 11 is 0. The van der Waals surface area contributed by atoms with Crippen molar-refractivity contribution in [2.75, 3.05) is 25.0 Å². The third kappa shape index (κ3) is 5.36. The highest BCUT2D eigenvalue weighted by Crippen LogP contribution is 2.24. The van der Waals surface area contributed by atoms with Crippen LogP contribution in [-0.4, -0.2) is 57.4 Å². The first-order chi connectivity index (χ1) is 16.4. The fraction of sp³-hybridized carbons (Fsp3) is 0.280. The molecule has 0 saturated carbocycles. The number of carbonyl (C=O) groups is 2. The first-order valence-corrected chi connectivity index (χ1v) is 11.1. The van der Waals surface area contributed by atoms with E-state index in [1.54, 1.807) is 34.1 Å². The number of rotatable bonds is 5. The summed E-state index contributed by atoms with van der Waals surface area (Å²) in [5, 5.41) is 2.89. The molecule has 3 aromatic rings. The molecular formula is C25H25F2N5O2. The number of urea groups is 1. The van der Waals surface area contributed by atoms with Crippen molar-refractivity contribution in [1.29, 1.82) is 0 Å². The Morgan fingerprint density at radius 2 is 1.71 bits per heavy atom. The highest BCUT2D eigenvalue weighted by atomic mass is 19.1. The van der Waals surface area contributed by atoms with E-state index in [1.807, 2.05) is 6.92 Å². The Morgan fingerprint density at radius 1 is 1.03 bits per heavy atom. The average Bonchev–Trinajstić information content (AvgIpc) is 2.85. The van der Waals surface area contributed by atoms with E-state index >= 15 is 0 Å². The fourth-order valence-corrected chi connectivity index (χ4v) is 4.18. The maximum absolute atomic E-state index is 13.5. The third-order valence-corrected chi connectivity index (χ3v) is 5.91. The second-order valence-corrected chi connectivity index (χ2v) is 8.07. The molecule has 9 heteroatoms. The van der Waals surface area contributed by atoms with Crippen LogP contribution < -0.4 is 5.32 Å². The zero-order valence-electron chi connectivity index (χ0n) is 18.7. The molecule has 3 amide bonds. The van der Waals surface area contributed by atoms with Crippen LogP contribution in [-0.2, 0) is 0 Å². The number of nitrogens with zero attached hydrogens (tertiary/aromatic N) is 4. The van der Waals surface area contributed by atoms with Gasteiger partial charge in [-0.05, 0) is 55.2 Å². The van der Waals surface area contributed by atoms with E-state index in [1.165, 1.54) is 30.7 Å². The molecule has 1 aliphatic rings. The van der Waals surface area contributed by atoms with E-state index in [-0.39, 0.29) is 18.0 Å². The molecule has 1 saturated heterocycles. The average molecular weight is 466 g/mol. The van der Waals surface area contributed by atoms with Gasteiger partial charge in [0.25, 0.3) is 5.91 Å². The normalized spacial score (nSPS) is 14.0. The predicted molar refractivity (Wildman–Crippen MR) is 124 cm³/mol. The van der Waals surface area contributed by atoms with Gasteiger partial charge in [-0.2, -0.15) is 0 Å². The maximum atomic E-state index is 13.5. The predicted octanol–water partition coefficient (Wildman–Crippen LogP) is 4.58. The van der Waals surface area contributed by atoms with E-state index < -0.39 is 11.6 Å². The summed E-state index contributed by atoms with van der Waals surface area (Å²) in [6.07, 6.45) is 5.80. The molecule has 0 unspecified atom stereocenters. The molecule has 7 nitrogen and oxygen atoms in total. The van der Waals surface area contributed by atoms with Gasteiger partial charge in [-0.1, -0.05) is 12.1 Å². The monoisotopic (exact) mass is 465 g/mol. The zero-order chi connectivity index (χ0) is 24.1. The molecule has 2 aromatic carbocycles. The number of anilines is 1. The molecule has 1 fully saturated rings. The van der Waals surface area contributed by atoms with Crippen molar-refractivity contribution >= 4 is 17.6 Å². The third-order valence-electron chi connectivity index (χ3n) is 5.91. The van der Waals surface area contributed by atoms with Crippen molar-refractivity contribution in [3.63, 3.8) is 0 Å². The molecule has 34 heavy (non-hydrogen) atoms. The van der Waals surface area contributed by atoms with Crippen molar-refractivity contribution in [1.82, 2.24) is 19.8 Å². The van der Waals surface area contributed by atoms with Crippen molar-refractivity contribution < 1.29 is 18.4 Å². The Morgan fingerprint density at radius 3 is 2.29 bits per heavy atom. The summed E-state index contributed by atoms with van der Waals surface area (Å²) in [6.45, 7) is 3.50. The molecular weight excluding hydrogens is 440 g/mol. The van der Waals surface area contributed by atoms with Crippen molar-refractivity contribution in [3.05, 3.63) is 78.4 Å². The van der Waals surface area contributed by atoms with Gasteiger partial charge in [0.15, 0.2) is 0 Å². The maximum Gasteiger partial charge on any atom is 0.322 e. The van der Waals surface area contributed by atoms with Gasteiger partial charge in [0.2, 0.25) is 0 Å². The SMILES string of the molecule is CCN(C(=O)Nc1ccc(-c2cc(F)cc(F)c2)cc1)C1CCN(C(=O)c2cnccn2)CC1. The van der Waals surface area contributed by atoms with Crippen LogP contribution >= 0.6 is 0 Å². The van der Waals surface area contributed by atoms with Crippen LogP contribution in [0.5, 0.6) is 0 Å². The van der Waals surface area contributed by atoms with Crippen LogP contribution in [0, 0.1) is 11.6 Å². The lowest BCUT2D eigenvalue weighted by Gasteiger charge is -2.38. The summed E-state index contributed by atoms with van der Waals surface area (Å²) < 4.78 is 27.0. The van der Waals surface area contributed by atoms with Gasteiger partial charge < -0.3 is 15.1 Å². The summed E-state index contributed by atoms with van der Waals surface area (Å²) in [6, 6.07) is 9.93. The molecule has 176 valence electrons. The molecule has 1 N–H and O–H groups in total. The summed E-state index contributed by atoms with van der Waals surface area (Å²) in [5.74, 6) is -1.44. The van der Waals surface area contributed by atoms with Crippen LogP contribution in [0.1, 0.15) is 30.3 Å². The first kappa shape index (κ1) is 23.3. The van der Waals surface area contributed by atoms with E-state index in [0.717, 1.165) is 6.07 Å². The Hall–Kier alpha value is -3.88. The molecule has 1 aliphatic heterocycles. The van der Waals surface area contributed by atoms with E-state index in [2.05, 4.69) is 15.3 Å². The lowest BCUT2D eigenvalue weighted by atomic mass is 10.0. The lowest BCUT2D eigenvalue weighted by Crippen LogP contribution is -2.50. The second kappa shape index (κ2) is 10.4. The number of carbonyl (C=O) groups excluding carboxylic acids is 2. The van der Waals surface area contributed by atoms with Crippen LogP contribution in [0.25, 0.3) is 11.1 Å². The van der Waals surface area contributed by atoms with Gasteiger partial charge in [0, 0.05) is 49.8 Å². The van der Waals surface area contributed by atoms with Gasteiger partial charge in [0.05, 0.1) is 6.20 Å². The molecule has 2 heterocycles. The number of benzene rings is 2. The minimum absolute atomic E-state index is 0.00505. The van der Waals surface area contributed by atoms with Crippen molar-refractivity contribution in [2.45, 2.75) is 25.8 Å². The van der Waals surface area contributed by atoms with E-state index in [0.29, 0.717) is 55.0 Å². The Balaban J connectivity index is 1.35. The smallest absolute Gasteiger partial charge is 0.322 e. The molecule has 4 rings (SSSR count). The standard InChI is InChI=1S/C25H25F2N5O2/c1-2-32(22-7-11-31(12-8-22)24(33)23-16-28-9-10-29-23)25(34)30-21-5-3-17(4-6-21)18-13-19(26)15-20(27)14-18/h3-6,9-10,13-16,22H,2,7-8,11-12H2,1H3,(H,30,34). The first-order valence-electron chi connectivity index (χ1n) is 11.1.